The first-order chi connectivity index (χ1) is 8.09. The number of benzene rings is 1. The summed E-state index contributed by atoms with van der Waals surface area (Å²) in [5.74, 6) is 0. The van der Waals surface area contributed by atoms with Crippen LogP contribution >= 0.6 is 11.8 Å². The standard InChI is InChI=1S/C13H16N2OS/c1-8(16)9(2)17-13-4-3-12(14)11-7-15-6-5-10(11)13/h3-9,16H,14H2,1-2H3. The number of aliphatic hydroxyl groups excluding tert-OH is 1. The number of nitrogen functional groups attached to an aromatic ring is 1. The number of nitrogens with zero attached hydrogens (tertiary/aromatic N) is 1. The first kappa shape index (κ1) is 12.2. The van der Waals surface area contributed by atoms with Crippen LogP contribution in [-0.2, 0) is 0 Å². The molecule has 0 radical (unpaired) electrons. The van der Waals surface area contributed by atoms with Gasteiger partial charge in [-0.25, -0.2) is 0 Å². The molecule has 0 aliphatic rings. The smallest absolute Gasteiger partial charge is 0.0631 e. The molecule has 1 heterocycles. The van der Waals surface area contributed by atoms with Gasteiger partial charge in [0.15, 0.2) is 0 Å². The molecule has 0 aliphatic heterocycles. The second kappa shape index (κ2) is 4.94. The number of anilines is 1. The van der Waals surface area contributed by atoms with E-state index in [0.717, 1.165) is 21.4 Å². The fourth-order valence-electron chi connectivity index (χ4n) is 1.59. The summed E-state index contributed by atoms with van der Waals surface area (Å²) in [6, 6.07) is 5.85. The fraction of sp³-hybridized carbons (Fsp3) is 0.308. The zero-order chi connectivity index (χ0) is 12.4. The Labute approximate surface area is 105 Å². The molecule has 2 aromatic rings. The molecule has 1 aromatic carbocycles. The molecule has 2 atom stereocenters. The minimum Gasteiger partial charge on any atom is -0.398 e. The molecular weight excluding hydrogens is 232 g/mol. The number of nitrogens with two attached hydrogens (primary N) is 1. The van der Waals surface area contributed by atoms with Crippen LogP contribution in [0.5, 0.6) is 0 Å². The van der Waals surface area contributed by atoms with E-state index in [1.54, 1.807) is 31.1 Å². The number of hydrogen-bond donors (Lipinski definition) is 2. The Hall–Kier alpha value is -1.26. The summed E-state index contributed by atoms with van der Waals surface area (Å²) in [5.41, 5.74) is 6.66. The highest BCUT2D eigenvalue weighted by Crippen LogP contribution is 2.33. The van der Waals surface area contributed by atoms with Crippen molar-refractivity contribution in [2.75, 3.05) is 5.73 Å². The molecule has 17 heavy (non-hydrogen) atoms. The van der Waals surface area contributed by atoms with Crippen molar-refractivity contribution in [1.29, 1.82) is 0 Å². The van der Waals surface area contributed by atoms with Crippen molar-refractivity contribution >= 4 is 28.2 Å². The third-order valence-electron chi connectivity index (χ3n) is 2.80. The third kappa shape index (κ3) is 2.53. The van der Waals surface area contributed by atoms with Crippen molar-refractivity contribution in [3.05, 3.63) is 30.6 Å². The van der Waals surface area contributed by atoms with E-state index in [0.29, 0.717) is 0 Å². The van der Waals surface area contributed by atoms with Gasteiger partial charge in [0.2, 0.25) is 0 Å². The zero-order valence-electron chi connectivity index (χ0n) is 9.92. The quantitative estimate of drug-likeness (QED) is 0.647. The van der Waals surface area contributed by atoms with Gasteiger partial charge in [0.05, 0.1) is 6.10 Å². The molecule has 3 N–H and O–H groups in total. The normalized spacial score (nSPS) is 14.8. The third-order valence-corrected chi connectivity index (χ3v) is 4.18. The number of aromatic nitrogens is 1. The van der Waals surface area contributed by atoms with Gasteiger partial charge in [0.1, 0.15) is 0 Å². The highest BCUT2D eigenvalue weighted by molar-refractivity contribution is 8.00. The van der Waals surface area contributed by atoms with Crippen molar-refractivity contribution in [3.63, 3.8) is 0 Å². The van der Waals surface area contributed by atoms with Gasteiger partial charge >= 0.3 is 0 Å². The van der Waals surface area contributed by atoms with E-state index in [1.165, 1.54) is 0 Å². The first-order valence-electron chi connectivity index (χ1n) is 5.56. The largest absolute Gasteiger partial charge is 0.398 e. The van der Waals surface area contributed by atoms with Crippen LogP contribution in [-0.4, -0.2) is 21.4 Å². The molecule has 0 spiro atoms. The number of hydrogen-bond acceptors (Lipinski definition) is 4. The lowest BCUT2D eigenvalue weighted by Crippen LogP contribution is -2.14. The molecule has 2 unspecified atom stereocenters. The van der Waals surface area contributed by atoms with E-state index in [2.05, 4.69) is 4.98 Å². The molecule has 3 nitrogen and oxygen atoms in total. The molecule has 1 aromatic heterocycles. The molecular formula is C13H16N2OS. The van der Waals surface area contributed by atoms with Crippen molar-refractivity contribution < 1.29 is 5.11 Å². The number of rotatable bonds is 3. The van der Waals surface area contributed by atoms with Crippen LogP contribution < -0.4 is 5.73 Å². The summed E-state index contributed by atoms with van der Waals surface area (Å²) in [4.78, 5) is 5.22. The Morgan fingerprint density at radius 3 is 2.71 bits per heavy atom. The Kier molecular flexibility index (Phi) is 3.54. The highest BCUT2D eigenvalue weighted by Gasteiger charge is 2.12. The predicted molar refractivity (Wildman–Crippen MR) is 73.2 cm³/mol. The minimum atomic E-state index is -0.338. The lowest BCUT2D eigenvalue weighted by Gasteiger charge is -2.15. The van der Waals surface area contributed by atoms with Gasteiger partial charge in [0, 0.05) is 39.0 Å². The minimum absolute atomic E-state index is 0.148. The zero-order valence-corrected chi connectivity index (χ0v) is 10.7. The Bertz CT molecular complexity index is 528. The molecule has 0 amide bonds. The van der Waals surface area contributed by atoms with Gasteiger partial charge < -0.3 is 10.8 Å². The van der Waals surface area contributed by atoms with E-state index >= 15 is 0 Å². The second-order valence-corrected chi connectivity index (χ2v) is 5.56. The van der Waals surface area contributed by atoms with E-state index in [1.807, 2.05) is 25.1 Å². The molecule has 0 fully saturated rings. The SMILES string of the molecule is CC(O)C(C)Sc1ccc(N)c2cnccc12. The monoisotopic (exact) mass is 248 g/mol. The van der Waals surface area contributed by atoms with Gasteiger partial charge in [-0.05, 0) is 25.1 Å². The van der Waals surface area contributed by atoms with Gasteiger partial charge in [-0.1, -0.05) is 6.92 Å². The molecule has 2 rings (SSSR count). The van der Waals surface area contributed by atoms with Crippen molar-refractivity contribution in [2.24, 2.45) is 0 Å². The lowest BCUT2D eigenvalue weighted by atomic mass is 10.1. The Balaban J connectivity index is 2.45. The Morgan fingerprint density at radius 1 is 1.24 bits per heavy atom. The summed E-state index contributed by atoms with van der Waals surface area (Å²) >= 11 is 1.66. The summed E-state index contributed by atoms with van der Waals surface area (Å²) in [5, 5.41) is 11.8. The molecule has 90 valence electrons. The molecule has 0 saturated carbocycles. The van der Waals surface area contributed by atoms with Gasteiger partial charge in [-0.2, -0.15) is 0 Å². The maximum absolute atomic E-state index is 9.55. The van der Waals surface area contributed by atoms with Crippen molar-refractivity contribution in [1.82, 2.24) is 4.98 Å². The van der Waals surface area contributed by atoms with Crippen molar-refractivity contribution in [2.45, 2.75) is 30.1 Å². The highest BCUT2D eigenvalue weighted by atomic mass is 32.2. The van der Waals surface area contributed by atoms with Crippen LogP contribution in [0.2, 0.25) is 0 Å². The predicted octanol–water partition coefficient (Wildman–Crippen LogP) is 2.68. The average Bonchev–Trinajstić information content (AvgIpc) is 2.33. The number of thioether (sulfide) groups is 1. The second-order valence-electron chi connectivity index (χ2n) is 4.14. The number of aliphatic hydroxyl groups is 1. The summed E-state index contributed by atoms with van der Waals surface area (Å²) in [7, 11) is 0. The molecule has 0 bridgehead atoms. The van der Waals surface area contributed by atoms with E-state index in [9.17, 15) is 5.11 Å². The lowest BCUT2D eigenvalue weighted by molar-refractivity contribution is 0.196. The van der Waals surface area contributed by atoms with Crippen molar-refractivity contribution in [3.8, 4) is 0 Å². The molecule has 0 aliphatic carbocycles. The van der Waals surface area contributed by atoms with Gasteiger partial charge in [0.25, 0.3) is 0 Å². The van der Waals surface area contributed by atoms with Crippen LogP contribution in [0.1, 0.15) is 13.8 Å². The van der Waals surface area contributed by atoms with E-state index < -0.39 is 0 Å². The van der Waals surface area contributed by atoms with Crippen LogP contribution in [0.4, 0.5) is 5.69 Å². The first-order valence-corrected chi connectivity index (χ1v) is 6.44. The van der Waals surface area contributed by atoms with Gasteiger partial charge in [-0.3, -0.25) is 4.98 Å². The summed E-state index contributed by atoms with van der Waals surface area (Å²) in [6.45, 7) is 3.82. The fourth-order valence-corrected chi connectivity index (χ4v) is 2.63. The van der Waals surface area contributed by atoms with Crippen LogP contribution in [0, 0.1) is 0 Å². The maximum Gasteiger partial charge on any atom is 0.0631 e. The van der Waals surface area contributed by atoms with Crippen LogP contribution in [0.3, 0.4) is 0 Å². The van der Waals surface area contributed by atoms with Gasteiger partial charge in [-0.15, -0.1) is 11.8 Å². The molecule has 4 heteroatoms. The van der Waals surface area contributed by atoms with Crippen LogP contribution in [0.25, 0.3) is 10.8 Å². The topological polar surface area (TPSA) is 59.1 Å². The summed E-state index contributed by atoms with van der Waals surface area (Å²) in [6.07, 6.45) is 3.20. The average molecular weight is 248 g/mol. The Morgan fingerprint density at radius 2 is 2.00 bits per heavy atom. The number of fused-ring (bicyclic) bond motifs is 1. The van der Waals surface area contributed by atoms with E-state index in [4.69, 9.17) is 5.73 Å². The number of pyridine rings is 1. The molecule has 0 saturated heterocycles. The summed E-state index contributed by atoms with van der Waals surface area (Å²) < 4.78 is 0. The van der Waals surface area contributed by atoms with E-state index in [-0.39, 0.29) is 11.4 Å². The van der Waals surface area contributed by atoms with Crippen LogP contribution in [0.15, 0.2) is 35.5 Å². The maximum atomic E-state index is 9.55.